The van der Waals surface area contributed by atoms with Gasteiger partial charge in [-0.25, -0.2) is 0 Å². The van der Waals surface area contributed by atoms with Gasteiger partial charge in [0, 0.05) is 16.5 Å². The zero-order chi connectivity index (χ0) is 11.1. The fourth-order valence-corrected chi connectivity index (χ4v) is 2.29. The molecule has 1 atom stereocenters. The molecule has 1 aromatic carbocycles. The van der Waals surface area contributed by atoms with Crippen LogP contribution in [0.4, 0.5) is 13.2 Å². The van der Waals surface area contributed by atoms with Gasteiger partial charge >= 0.3 is 6.18 Å². The highest BCUT2D eigenvalue weighted by molar-refractivity contribution is 9.10. The fourth-order valence-electron chi connectivity index (χ4n) is 1.68. The fraction of sp³-hybridized carbons (Fsp3) is 0.400. The molecule has 1 aromatic rings. The van der Waals surface area contributed by atoms with Crippen molar-refractivity contribution in [2.75, 3.05) is 6.61 Å². The molecular formula is C10H8BrF3O. The van der Waals surface area contributed by atoms with E-state index >= 15 is 0 Å². The predicted molar refractivity (Wildman–Crippen MR) is 52.4 cm³/mol. The first-order valence-electron chi connectivity index (χ1n) is 4.43. The molecule has 1 fully saturated rings. The van der Waals surface area contributed by atoms with Crippen LogP contribution < -0.4 is 0 Å². The van der Waals surface area contributed by atoms with Gasteiger partial charge in [0.25, 0.3) is 0 Å². The van der Waals surface area contributed by atoms with E-state index in [1.165, 1.54) is 6.07 Å². The van der Waals surface area contributed by atoms with Gasteiger partial charge in [0.2, 0.25) is 0 Å². The van der Waals surface area contributed by atoms with E-state index in [1.54, 1.807) is 18.2 Å². The Bertz CT molecular complexity index is 371. The lowest BCUT2D eigenvalue weighted by molar-refractivity contribution is -0.333. The molecule has 1 heterocycles. The molecule has 0 aliphatic carbocycles. The van der Waals surface area contributed by atoms with Crippen LogP contribution in [0.15, 0.2) is 28.7 Å². The highest BCUT2D eigenvalue weighted by atomic mass is 79.9. The SMILES string of the molecule is FC(F)(F)C1(c2ccccc2Br)CCO1. The maximum Gasteiger partial charge on any atom is 0.421 e. The van der Waals surface area contributed by atoms with Gasteiger partial charge in [0.15, 0.2) is 5.60 Å². The minimum atomic E-state index is -4.37. The molecule has 0 spiro atoms. The summed E-state index contributed by atoms with van der Waals surface area (Å²) in [5, 5.41) is 0. The maximum atomic E-state index is 12.9. The highest BCUT2D eigenvalue weighted by Gasteiger charge is 2.61. The van der Waals surface area contributed by atoms with Crippen LogP contribution in [0.2, 0.25) is 0 Å². The summed E-state index contributed by atoms with van der Waals surface area (Å²) >= 11 is 3.12. The van der Waals surface area contributed by atoms with Crippen molar-refractivity contribution in [1.29, 1.82) is 0 Å². The van der Waals surface area contributed by atoms with Crippen molar-refractivity contribution in [3.63, 3.8) is 0 Å². The smallest absolute Gasteiger partial charge is 0.361 e. The molecule has 0 N–H and O–H groups in total. The Balaban J connectivity index is 2.48. The molecule has 2 rings (SSSR count). The van der Waals surface area contributed by atoms with Gasteiger partial charge in [-0.3, -0.25) is 0 Å². The van der Waals surface area contributed by atoms with Gasteiger partial charge in [-0.05, 0) is 6.07 Å². The van der Waals surface area contributed by atoms with Crippen molar-refractivity contribution in [3.05, 3.63) is 34.3 Å². The number of rotatable bonds is 1. The molecule has 15 heavy (non-hydrogen) atoms. The monoisotopic (exact) mass is 280 g/mol. The van der Waals surface area contributed by atoms with E-state index in [0.717, 1.165) is 0 Å². The lowest BCUT2D eigenvalue weighted by Crippen LogP contribution is -2.52. The third-order valence-corrected chi connectivity index (χ3v) is 3.26. The van der Waals surface area contributed by atoms with Gasteiger partial charge in [-0.2, -0.15) is 13.2 Å². The number of halogens is 4. The van der Waals surface area contributed by atoms with Crippen LogP contribution in [-0.4, -0.2) is 12.8 Å². The van der Waals surface area contributed by atoms with E-state index < -0.39 is 11.8 Å². The zero-order valence-electron chi connectivity index (χ0n) is 7.64. The quantitative estimate of drug-likeness (QED) is 0.763. The topological polar surface area (TPSA) is 9.23 Å². The Morgan fingerprint density at radius 3 is 2.27 bits per heavy atom. The second-order valence-corrected chi connectivity index (χ2v) is 4.26. The first-order valence-corrected chi connectivity index (χ1v) is 5.22. The summed E-state index contributed by atoms with van der Waals surface area (Å²) in [7, 11) is 0. The van der Waals surface area contributed by atoms with Gasteiger partial charge in [0.1, 0.15) is 0 Å². The molecule has 0 bridgehead atoms. The number of benzene rings is 1. The van der Waals surface area contributed by atoms with Crippen LogP contribution in [0.1, 0.15) is 12.0 Å². The van der Waals surface area contributed by atoms with Crippen LogP contribution in [0.25, 0.3) is 0 Å². The Kier molecular flexibility index (Phi) is 2.55. The molecular weight excluding hydrogens is 273 g/mol. The third kappa shape index (κ3) is 1.58. The predicted octanol–water partition coefficient (Wildman–Crippen LogP) is 3.63. The Labute approximate surface area is 93.4 Å². The molecule has 1 aliphatic heterocycles. The number of hydrogen-bond donors (Lipinski definition) is 0. The molecule has 1 unspecified atom stereocenters. The lowest BCUT2D eigenvalue weighted by Gasteiger charge is -2.43. The first-order chi connectivity index (χ1) is 6.97. The van der Waals surface area contributed by atoms with Gasteiger partial charge in [0.05, 0.1) is 6.61 Å². The minimum Gasteiger partial charge on any atom is -0.361 e. The van der Waals surface area contributed by atoms with Crippen molar-refractivity contribution < 1.29 is 17.9 Å². The normalized spacial score (nSPS) is 26.1. The largest absolute Gasteiger partial charge is 0.421 e. The van der Waals surface area contributed by atoms with Crippen LogP contribution in [0.3, 0.4) is 0 Å². The van der Waals surface area contributed by atoms with Crippen molar-refractivity contribution in [3.8, 4) is 0 Å². The molecule has 0 saturated carbocycles. The second kappa shape index (κ2) is 3.49. The van der Waals surface area contributed by atoms with E-state index in [9.17, 15) is 13.2 Å². The van der Waals surface area contributed by atoms with E-state index in [0.29, 0.717) is 4.47 Å². The summed E-state index contributed by atoms with van der Waals surface area (Å²) in [5.41, 5.74) is -1.95. The lowest BCUT2D eigenvalue weighted by atomic mass is 9.86. The number of alkyl halides is 3. The van der Waals surface area contributed by atoms with Crippen molar-refractivity contribution in [2.24, 2.45) is 0 Å². The van der Waals surface area contributed by atoms with E-state index in [1.807, 2.05) is 0 Å². The average Bonchev–Trinajstić information content (AvgIpc) is 2.03. The van der Waals surface area contributed by atoms with E-state index in [4.69, 9.17) is 4.74 Å². The summed E-state index contributed by atoms with van der Waals surface area (Å²) in [6.45, 7) is 0.154. The van der Waals surface area contributed by atoms with E-state index in [2.05, 4.69) is 15.9 Å². The molecule has 1 aliphatic rings. The molecule has 0 aromatic heterocycles. The number of ether oxygens (including phenoxy) is 1. The molecule has 0 amide bonds. The summed E-state index contributed by atoms with van der Waals surface area (Å²) in [5.74, 6) is 0. The standard InChI is InChI=1S/C10H8BrF3O/c11-8-4-2-1-3-7(8)9(5-6-15-9)10(12,13)14/h1-4H,5-6H2. The molecule has 1 nitrogen and oxygen atoms in total. The van der Waals surface area contributed by atoms with Gasteiger partial charge < -0.3 is 4.74 Å². The highest BCUT2D eigenvalue weighted by Crippen LogP contribution is 2.51. The molecule has 0 radical (unpaired) electrons. The molecule has 82 valence electrons. The zero-order valence-corrected chi connectivity index (χ0v) is 9.23. The summed E-state index contributed by atoms with van der Waals surface area (Å²) in [6.07, 6.45) is -4.38. The molecule has 1 saturated heterocycles. The van der Waals surface area contributed by atoms with Crippen molar-refractivity contribution in [1.82, 2.24) is 0 Å². The van der Waals surface area contributed by atoms with E-state index in [-0.39, 0.29) is 18.6 Å². The number of hydrogen-bond acceptors (Lipinski definition) is 1. The van der Waals surface area contributed by atoms with Crippen LogP contribution in [0.5, 0.6) is 0 Å². The first kappa shape index (κ1) is 11.0. The van der Waals surface area contributed by atoms with Gasteiger partial charge in [-0.1, -0.05) is 34.1 Å². The second-order valence-electron chi connectivity index (χ2n) is 3.40. The van der Waals surface area contributed by atoms with Crippen LogP contribution in [-0.2, 0) is 10.3 Å². The Hall–Kier alpha value is -0.550. The summed E-state index contributed by atoms with van der Waals surface area (Å²) in [4.78, 5) is 0. The molecule has 5 heteroatoms. The minimum absolute atomic E-state index is 0.0148. The van der Waals surface area contributed by atoms with Crippen molar-refractivity contribution in [2.45, 2.75) is 18.2 Å². The summed E-state index contributed by atoms with van der Waals surface area (Å²) in [6, 6.07) is 6.28. The summed E-state index contributed by atoms with van der Waals surface area (Å²) < 4.78 is 43.9. The average molecular weight is 281 g/mol. The Morgan fingerprint density at radius 2 is 1.87 bits per heavy atom. The third-order valence-electron chi connectivity index (χ3n) is 2.57. The van der Waals surface area contributed by atoms with Crippen molar-refractivity contribution >= 4 is 15.9 Å². The van der Waals surface area contributed by atoms with Crippen LogP contribution in [0, 0.1) is 0 Å². The van der Waals surface area contributed by atoms with Gasteiger partial charge in [-0.15, -0.1) is 0 Å². The Morgan fingerprint density at radius 1 is 1.27 bits per heavy atom. The van der Waals surface area contributed by atoms with Crippen LogP contribution >= 0.6 is 15.9 Å². The maximum absolute atomic E-state index is 12.9.